The van der Waals surface area contributed by atoms with Gasteiger partial charge < -0.3 is 14.6 Å². The van der Waals surface area contributed by atoms with Crippen LogP contribution in [-0.2, 0) is 14.3 Å². The Labute approximate surface area is 216 Å². The molecule has 1 N–H and O–H groups in total. The fourth-order valence-corrected chi connectivity index (χ4v) is 3.73. The van der Waals surface area contributed by atoms with Gasteiger partial charge in [0.1, 0.15) is 6.10 Å². The van der Waals surface area contributed by atoms with Gasteiger partial charge in [0, 0.05) is 13.5 Å². The van der Waals surface area contributed by atoms with Gasteiger partial charge in [0.25, 0.3) is 0 Å². The van der Waals surface area contributed by atoms with Crippen molar-refractivity contribution in [1.29, 1.82) is 0 Å². The van der Waals surface area contributed by atoms with E-state index >= 15 is 0 Å². The fourth-order valence-electron chi connectivity index (χ4n) is 3.73. The number of rotatable bonds is 25. The average Bonchev–Trinajstić information content (AvgIpc) is 2.85. The standard InChI is InChI=1S/C31H54O4/c1-3-4-5-6-7-8-9-10-11-12-13-14-15-16-17-18-19-20-21-22-23-24-25-26-27-34-29-31(28-32)35-30(2)33/h4-5,7-8,10-11,13-14,31-32H,3,6,9,12,15-29H2,1-2H3/b5-4-,8-7-,11-10-,14-13-. The van der Waals surface area contributed by atoms with E-state index in [4.69, 9.17) is 14.6 Å². The largest absolute Gasteiger partial charge is 0.458 e. The summed E-state index contributed by atoms with van der Waals surface area (Å²) in [6.07, 6.45) is 37.2. The quantitative estimate of drug-likeness (QED) is 0.0792. The van der Waals surface area contributed by atoms with Crippen LogP contribution in [0.1, 0.15) is 117 Å². The Morgan fingerprint density at radius 2 is 1.14 bits per heavy atom. The summed E-state index contributed by atoms with van der Waals surface area (Å²) in [7, 11) is 0. The van der Waals surface area contributed by atoms with Gasteiger partial charge in [-0.25, -0.2) is 0 Å². The van der Waals surface area contributed by atoms with E-state index in [1.807, 2.05) is 0 Å². The highest BCUT2D eigenvalue weighted by atomic mass is 16.6. The minimum atomic E-state index is -0.535. The molecule has 0 aliphatic rings. The second-order valence-corrected chi connectivity index (χ2v) is 9.17. The lowest BCUT2D eigenvalue weighted by Crippen LogP contribution is -2.26. The van der Waals surface area contributed by atoms with Crippen LogP contribution >= 0.6 is 0 Å². The van der Waals surface area contributed by atoms with Crippen molar-refractivity contribution in [3.8, 4) is 0 Å². The molecule has 0 aromatic heterocycles. The normalized spacial score (nSPS) is 13.1. The highest BCUT2D eigenvalue weighted by molar-refractivity contribution is 5.66. The van der Waals surface area contributed by atoms with Crippen LogP contribution in [0, 0.1) is 0 Å². The molecule has 0 rings (SSSR count). The lowest BCUT2D eigenvalue weighted by atomic mass is 10.1. The van der Waals surface area contributed by atoms with Gasteiger partial charge in [0.15, 0.2) is 0 Å². The summed E-state index contributed by atoms with van der Waals surface area (Å²) in [6.45, 7) is 4.26. The van der Waals surface area contributed by atoms with E-state index in [0.29, 0.717) is 6.61 Å². The van der Waals surface area contributed by atoms with Crippen LogP contribution in [0.3, 0.4) is 0 Å². The van der Waals surface area contributed by atoms with Crippen LogP contribution in [0.5, 0.6) is 0 Å². The molecule has 0 heterocycles. The van der Waals surface area contributed by atoms with Crippen molar-refractivity contribution in [2.45, 2.75) is 123 Å². The number of hydrogen-bond acceptors (Lipinski definition) is 4. The van der Waals surface area contributed by atoms with Crippen LogP contribution in [0.4, 0.5) is 0 Å². The molecular weight excluding hydrogens is 436 g/mol. The first-order valence-electron chi connectivity index (χ1n) is 14.2. The Balaban J connectivity index is 3.28. The van der Waals surface area contributed by atoms with E-state index in [9.17, 15) is 4.79 Å². The third-order valence-corrected chi connectivity index (χ3v) is 5.72. The first-order valence-corrected chi connectivity index (χ1v) is 14.2. The number of ether oxygens (including phenoxy) is 2. The molecule has 0 saturated heterocycles. The van der Waals surface area contributed by atoms with Crippen molar-refractivity contribution < 1.29 is 19.4 Å². The summed E-state index contributed by atoms with van der Waals surface area (Å²) < 4.78 is 10.4. The van der Waals surface area contributed by atoms with Gasteiger partial charge in [0.05, 0.1) is 13.2 Å². The number of aliphatic hydroxyl groups excluding tert-OH is 1. The topological polar surface area (TPSA) is 55.8 Å². The van der Waals surface area contributed by atoms with Gasteiger partial charge in [-0.1, -0.05) is 113 Å². The minimum Gasteiger partial charge on any atom is -0.458 e. The summed E-state index contributed by atoms with van der Waals surface area (Å²) in [6, 6.07) is 0. The highest BCUT2D eigenvalue weighted by Gasteiger charge is 2.10. The predicted octanol–water partition coefficient (Wildman–Crippen LogP) is 8.41. The smallest absolute Gasteiger partial charge is 0.303 e. The summed E-state index contributed by atoms with van der Waals surface area (Å²) in [5.74, 6) is -0.380. The van der Waals surface area contributed by atoms with E-state index in [1.165, 1.54) is 77.6 Å². The van der Waals surface area contributed by atoms with Crippen LogP contribution < -0.4 is 0 Å². The van der Waals surface area contributed by atoms with Crippen LogP contribution in [-0.4, -0.2) is 37.0 Å². The molecular formula is C31H54O4. The SMILES string of the molecule is CC/C=C\C/C=C\C/C=C\C/C=C\CCCCCCCCCCCCCOCC(CO)OC(C)=O. The van der Waals surface area contributed by atoms with Gasteiger partial charge >= 0.3 is 5.97 Å². The molecule has 202 valence electrons. The third-order valence-electron chi connectivity index (χ3n) is 5.72. The Hall–Kier alpha value is -1.65. The second kappa shape index (κ2) is 28.6. The molecule has 0 aromatic carbocycles. The number of carbonyl (C=O) groups is 1. The van der Waals surface area contributed by atoms with E-state index in [0.717, 1.165) is 32.1 Å². The van der Waals surface area contributed by atoms with Crippen molar-refractivity contribution in [3.05, 3.63) is 48.6 Å². The van der Waals surface area contributed by atoms with Gasteiger partial charge in [-0.05, 0) is 44.9 Å². The van der Waals surface area contributed by atoms with Gasteiger partial charge in [-0.15, -0.1) is 0 Å². The summed E-state index contributed by atoms with van der Waals surface area (Å²) >= 11 is 0. The average molecular weight is 491 g/mol. The van der Waals surface area contributed by atoms with Crippen LogP contribution in [0.25, 0.3) is 0 Å². The summed E-state index contributed by atoms with van der Waals surface area (Å²) in [5, 5.41) is 9.10. The first kappa shape index (κ1) is 33.4. The second-order valence-electron chi connectivity index (χ2n) is 9.17. The third kappa shape index (κ3) is 28.5. The number of esters is 1. The fraction of sp³-hybridized carbons (Fsp3) is 0.710. The van der Waals surface area contributed by atoms with Crippen LogP contribution in [0.2, 0.25) is 0 Å². The molecule has 35 heavy (non-hydrogen) atoms. The number of hydrogen-bond donors (Lipinski definition) is 1. The monoisotopic (exact) mass is 490 g/mol. The number of allylic oxidation sites excluding steroid dienone is 8. The Bertz CT molecular complexity index is 562. The lowest BCUT2D eigenvalue weighted by Gasteiger charge is -2.14. The van der Waals surface area contributed by atoms with E-state index in [1.54, 1.807) is 0 Å². The molecule has 4 heteroatoms. The lowest BCUT2D eigenvalue weighted by molar-refractivity contribution is -0.152. The van der Waals surface area contributed by atoms with E-state index in [2.05, 4.69) is 55.5 Å². The molecule has 4 nitrogen and oxygen atoms in total. The van der Waals surface area contributed by atoms with Gasteiger partial charge in [-0.2, -0.15) is 0 Å². The number of unbranched alkanes of at least 4 members (excludes halogenated alkanes) is 11. The number of carbonyl (C=O) groups excluding carboxylic acids is 1. The zero-order valence-corrected chi connectivity index (χ0v) is 22.8. The molecule has 1 unspecified atom stereocenters. The molecule has 0 radical (unpaired) electrons. The summed E-state index contributed by atoms with van der Waals surface area (Å²) in [5.41, 5.74) is 0. The van der Waals surface area contributed by atoms with Gasteiger partial charge in [0.2, 0.25) is 0 Å². The predicted molar refractivity (Wildman–Crippen MR) is 150 cm³/mol. The van der Waals surface area contributed by atoms with Gasteiger partial charge in [-0.3, -0.25) is 4.79 Å². The highest BCUT2D eigenvalue weighted by Crippen LogP contribution is 2.12. The van der Waals surface area contributed by atoms with Crippen molar-refractivity contribution in [1.82, 2.24) is 0 Å². The molecule has 0 aliphatic heterocycles. The zero-order valence-electron chi connectivity index (χ0n) is 22.8. The molecule has 0 aliphatic carbocycles. The Morgan fingerprint density at radius 3 is 1.63 bits per heavy atom. The maximum atomic E-state index is 10.9. The Kier molecular flexibility index (Phi) is 27.2. The van der Waals surface area contributed by atoms with Crippen molar-refractivity contribution in [2.75, 3.05) is 19.8 Å². The summed E-state index contributed by atoms with van der Waals surface area (Å²) in [4.78, 5) is 10.9. The van der Waals surface area contributed by atoms with Crippen LogP contribution in [0.15, 0.2) is 48.6 Å². The maximum Gasteiger partial charge on any atom is 0.303 e. The molecule has 0 saturated carbocycles. The maximum absolute atomic E-state index is 10.9. The Morgan fingerprint density at radius 1 is 0.686 bits per heavy atom. The zero-order chi connectivity index (χ0) is 25.7. The molecule has 0 spiro atoms. The van der Waals surface area contributed by atoms with Crippen molar-refractivity contribution in [3.63, 3.8) is 0 Å². The van der Waals surface area contributed by atoms with E-state index in [-0.39, 0.29) is 19.2 Å². The molecule has 0 bridgehead atoms. The first-order chi connectivity index (χ1) is 17.2. The van der Waals surface area contributed by atoms with Crippen molar-refractivity contribution in [2.24, 2.45) is 0 Å². The van der Waals surface area contributed by atoms with Crippen molar-refractivity contribution >= 4 is 5.97 Å². The molecule has 0 aromatic rings. The van der Waals surface area contributed by atoms with E-state index < -0.39 is 6.10 Å². The minimum absolute atomic E-state index is 0.190. The molecule has 1 atom stereocenters. The molecule has 0 fully saturated rings. The number of aliphatic hydroxyl groups is 1. The molecule has 0 amide bonds.